The predicted molar refractivity (Wildman–Crippen MR) is 99.1 cm³/mol. The third-order valence-electron chi connectivity index (χ3n) is 4.57. The van der Waals surface area contributed by atoms with Crippen LogP contribution in [0.4, 0.5) is 0 Å². The molecule has 7 nitrogen and oxygen atoms in total. The quantitative estimate of drug-likeness (QED) is 0.791. The topological polar surface area (TPSA) is 87.9 Å². The van der Waals surface area contributed by atoms with Gasteiger partial charge in [0.1, 0.15) is 0 Å². The van der Waals surface area contributed by atoms with Crippen molar-refractivity contribution < 1.29 is 22.4 Å². The van der Waals surface area contributed by atoms with Crippen LogP contribution in [0.2, 0.25) is 0 Å². The summed E-state index contributed by atoms with van der Waals surface area (Å²) in [4.78, 5) is 28.7. The normalized spacial score (nSPS) is 15.4. The van der Waals surface area contributed by atoms with Crippen molar-refractivity contribution in [2.24, 2.45) is 0 Å². The van der Waals surface area contributed by atoms with Gasteiger partial charge in [-0.05, 0) is 36.2 Å². The van der Waals surface area contributed by atoms with E-state index in [0.717, 1.165) is 11.8 Å². The monoisotopic (exact) mass is 390 g/mol. The van der Waals surface area contributed by atoms with E-state index in [9.17, 15) is 18.0 Å². The second-order valence-corrected chi connectivity index (χ2v) is 8.61. The van der Waals surface area contributed by atoms with E-state index in [2.05, 4.69) is 0 Å². The average molecular weight is 390 g/mol. The summed E-state index contributed by atoms with van der Waals surface area (Å²) in [6.45, 7) is 2.08. The van der Waals surface area contributed by atoms with Gasteiger partial charge in [0.05, 0.1) is 17.6 Å². The van der Waals surface area contributed by atoms with E-state index in [1.165, 1.54) is 18.4 Å². The molecule has 1 aromatic heterocycles. The van der Waals surface area contributed by atoms with Crippen LogP contribution in [0.15, 0.2) is 52.0 Å². The zero-order chi connectivity index (χ0) is 19.4. The Bertz CT molecular complexity index is 904. The standard InChI is InChI=1S/C19H22N2O5S/c1-27(24,25)16-7-5-15(6-8-16)14-18(22)20-9-3-10-21(12-11-20)19(23)17-4-2-13-26-17/h2,4-8,13H,3,9-12,14H2,1H3. The maximum absolute atomic E-state index is 12.6. The van der Waals surface area contributed by atoms with Crippen molar-refractivity contribution in [2.75, 3.05) is 32.4 Å². The van der Waals surface area contributed by atoms with Crippen LogP contribution in [0.5, 0.6) is 0 Å². The third kappa shape index (κ3) is 4.77. The highest BCUT2D eigenvalue weighted by molar-refractivity contribution is 7.90. The number of rotatable bonds is 4. The lowest BCUT2D eigenvalue weighted by molar-refractivity contribution is -0.130. The zero-order valence-electron chi connectivity index (χ0n) is 15.1. The number of nitrogens with zero attached hydrogens (tertiary/aromatic N) is 2. The summed E-state index contributed by atoms with van der Waals surface area (Å²) >= 11 is 0. The first kappa shape index (κ1) is 19.2. The van der Waals surface area contributed by atoms with Crippen LogP contribution in [-0.2, 0) is 21.1 Å². The van der Waals surface area contributed by atoms with E-state index in [4.69, 9.17) is 4.42 Å². The Kier molecular flexibility index (Phi) is 5.65. The van der Waals surface area contributed by atoms with Crippen LogP contribution in [0.3, 0.4) is 0 Å². The molecule has 2 aromatic rings. The highest BCUT2D eigenvalue weighted by Crippen LogP contribution is 2.14. The van der Waals surface area contributed by atoms with Gasteiger partial charge in [-0.1, -0.05) is 12.1 Å². The Morgan fingerprint density at radius 2 is 1.67 bits per heavy atom. The van der Waals surface area contributed by atoms with Crippen LogP contribution >= 0.6 is 0 Å². The first-order chi connectivity index (χ1) is 12.8. The van der Waals surface area contributed by atoms with Gasteiger partial charge in [0.15, 0.2) is 15.6 Å². The summed E-state index contributed by atoms with van der Waals surface area (Å²) in [5.41, 5.74) is 0.764. The van der Waals surface area contributed by atoms with Gasteiger partial charge < -0.3 is 14.2 Å². The molecule has 0 N–H and O–H groups in total. The van der Waals surface area contributed by atoms with E-state index in [0.29, 0.717) is 38.4 Å². The molecule has 1 aliphatic heterocycles. The molecule has 2 amide bonds. The summed E-state index contributed by atoms with van der Waals surface area (Å²) in [5.74, 6) is 0.112. The molecule has 144 valence electrons. The van der Waals surface area contributed by atoms with Gasteiger partial charge in [0, 0.05) is 32.4 Å². The SMILES string of the molecule is CS(=O)(=O)c1ccc(CC(=O)N2CCCN(C(=O)c3ccco3)CC2)cc1. The number of carbonyl (C=O) groups is 2. The van der Waals surface area contributed by atoms with Crippen molar-refractivity contribution in [1.29, 1.82) is 0 Å². The van der Waals surface area contributed by atoms with E-state index in [1.807, 2.05) is 0 Å². The Balaban J connectivity index is 1.58. The maximum Gasteiger partial charge on any atom is 0.289 e. The predicted octanol–water partition coefficient (Wildman–Crippen LogP) is 1.60. The molecule has 0 spiro atoms. The molecule has 0 atom stereocenters. The second-order valence-electron chi connectivity index (χ2n) is 6.60. The number of carbonyl (C=O) groups excluding carboxylic acids is 2. The fourth-order valence-electron chi connectivity index (χ4n) is 3.07. The van der Waals surface area contributed by atoms with Gasteiger partial charge in [0.2, 0.25) is 5.91 Å². The molecule has 0 radical (unpaired) electrons. The number of amides is 2. The fourth-order valence-corrected chi connectivity index (χ4v) is 3.70. The maximum atomic E-state index is 12.6. The molecule has 1 aromatic carbocycles. The number of hydrogen-bond donors (Lipinski definition) is 0. The first-order valence-electron chi connectivity index (χ1n) is 8.74. The minimum atomic E-state index is -3.25. The summed E-state index contributed by atoms with van der Waals surface area (Å²) in [5, 5.41) is 0. The Morgan fingerprint density at radius 3 is 2.30 bits per heavy atom. The van der Waals surface area contributed by atoms with Crippen LogP contribution in [-0.4, -0.2) is 62.5 Å². The molecule has 8 heteroatoms. The summed E-state index contributed by atoms with van der Waals surface area (Å²) in [7, 11) is -3.25. The average Bonchev–Trinajstić information content (AvgIpc) is 3.05. The van der Waals surface area contributed by atoms with E-state index < -0.39 is 9.84 Å². The number of benzene rings is 1. The highest BCUT2D eigenvalue weighted by atomic mass is 32.2. The van der Waals surface area contributed by atoms with Crippen molar-refractivity contribution in [3.8, 4) is 0 Å². The Hall–Kier alpha value is -2.61. The molecule has 0 bridgehead atoms. The molecule has 0 saturated carbocycles. The molecule has 1 fully saturated rings. The van der Waals surface area contributed by atoms with Crippen LogP contribution < -0.4 is 0 Å². The van der Waals surface area contributed by atoms with Crippen LogP contribution in [0, 0.1) is 0 Å². The van der Waals surface area contributed by atoms with Crippen molar-refractivity contribution in [2.45, 2.75) is 17.7 Å². The van der Waals surface area contributed by atoms with Gasteiger partial charge in [-0.2, -0.15) is 0 Å². The van der Waals surface area contributed by atoms with Crippen LogP contribution in [0.1, 0.15) is 22.5 Å². The molecular weight excluding hydrogens is 368 g/mol. The smallest absolute Gasteiger partial charge is 0.289 e. The van der Waals surface area contributed by atoms with Crippen LogP contribution in [0.25, 0.3) is 0 Å². The molecular formula is C19H22N2O5S. The lowest BCUT2D eigenvalue weighted by Crippen LogP contribution is -2.37. The minimum Gasteiger partial charge on any atom is -0.459 e. The fraction of sp³-hybridized carbons (Fsp3) is 0.368. The highest BCUT2D eigenvalue weighted by Gasteiger charge is 2.24. The Morgan fingerprint density at radius 1 is 1.00 bits per heavy atom. The second kappa shape index (κ2) is 7.96. The first-order valence-corrected chi connectivity index (χ1v) is 10.6. The zero-order valence-corrected chi connectivity index (χ0v) is 15.9. The summed E-state index contributed by atoms with van der Waals surface area (Å²) < 4.78 is 28.2. The van der Waals surface area contributed by atoms with E-state index >= 15 is 0 Å². The van der Waals surface area contributed by atoms with E-state index in [-0.39, 0.29) is 23.1 Å². The largest absolute Gasteiger partial charge is 0.459 e. The van der Waals surface area contributed by atoms with Gasteiger partial charge in [-0.3, -0.25) is 9.59 Å². The van der Waals surface area contributed by atoms with Crippen molar-refractivity contribution in [1.82, 2.24) is 9.80 Å². The van der Waals surface area contributed by atoms with Crippen molar-refractivity contribution in [3.05, 3.63) is 54.0 Å². The number of sulfone groups is 1. The molecule has 1 saturated heterocycles. The lowest BCUT2D eigenvalue weighted by Gasteiger charge is -2.21. The van der Waals surface area contributed by atoms with Gasteiger partial charge in [0.25, 0.3) is 5.91 Å². The summed E-state index contributed by atoms with van der Waals surface area (Å²) in [6, 6.07) is 9.68. The molecule has 3 rings (SSSR count). The third-order valence-corrected chi connectivity index (χ3v) is 5.70. The number of hydrogen-bond acceptors (Lipinski definition) is 5. The van der Waals surface area contributed by atoms with Crippen molar-refractivity contribution in [3.63, 3.8) is 0 Å². The molecule has 2 heterocycles. The molecule has 0 unspecified atom stereocenters. The van der Waals surface area contributed by atoms with Gasteiger partial charge in [-0.25, -0.2) is 8.42 Å². The lowest BCUT2D eigenvalue weighted by atomic mass is 10.1. The van der Waals surface area contributed by atoms with E-state index in [1.54, 1.807) is 34.1 Å². The minimum absolute atomic E-state index is 0.0330. The van der Waals surface area contributed by atoms with Gasteiger partial charge >= 0.3 is 0 Å². The molecule has 1 aliphatic rings. The summed E-state index contributed by atoms with van der Waals surface area (Å²) in [6.07, 6.45) is 3.53. The number of furan rings is 1. The van der Waals surface area contributed by atoms with Crippen molar-refractivity contribution >= 4 is 21.7 Å². The molecule has 27 heavy (non-hydrogen) atoms. The molecule has 0 aliphatic carbocycles. The Labute approximate surface area is 158 Å². The van der Waals surface area contributed by atoms with Gasteiger partial charge in [-0.15, -0.1) is 0 Å².